The number of pyridine rings is 1. The molecule has 2 heterocycles. The lowest BCUT2D eigenvalue weighted by Gasteiger charge is -2.34. The van der Waals surface area contributed by atoms with Gasteiger partial charge in [-0.15, -0.1) is 0 Å². The van der Waals surface area contributed by atoms with Crippen LogP contribution in [0.15, 0.2) is 48.7 Å². The Morgan fingerprint density at radius 2 is 1.84 bits per heavy atom. The van der Waals surface area contributed by atoms with Crippen molar-refractivity contribution in [1.82, 2.24) is 14.8 Å². The van der Waals surface area contributed by atoms with Gasteiger partial charge in [0, 0.05) is 48.5 Å². The minimum atomic E-state index is -0.0781. The number of anilines is 1. The monoisotopic (exact) mass is 436 g/mol. The summed E-state index contributed by atoms with van der Waals surface area (Å²) >= 11 is 6.22. The predicted molar refractivity (Wildman–Crippen MR) is 124 cm³/mol. The van der Waals surface area contributed by atoms with E-state index in [4.69, 9.17) is 11.6 Å². The van der Waals surface area contributed by atoms with E-state index in [1.54, 1.807) is 17.2 Å². The van der Waals surface area contributed by atoms with Crippen LogP contribution in [0.2, 0.25) is 5.02 Å². The van der Waals surface area contributed by atoms with Crippen LogP contribution in [0.4, 0.5) is 5.69 Å². The maximum Gasteiger partial charge on any atom is 0.256 e. The highest BCUT2D eigenvalue weighted by Gasteiger charge is 2.25. The van der Waals surface area contributed by atoms with Gasteiger partial charge in [0.25, 0.3) is 5.91 Å². The molecule has 4 rings (SSSR count). The van der Waals surface area contributed by atoms with E-state index in [2.05, 4.69) is 15.2 Å². The lowest BCUT2D eigenvalue weighted by atomic mass is 10.1. The summed E-state index contributed by atoms with van der Waals surface area (Å²) < 4.78 is 0. The van der Waals surface area contributed by atoms with Crippen LogP contribution in [-0.4, -0.2) is 59.3 Å². The number of benzene rings is 2. The van der Waals surface area contributed by atoms with Crippen molar-refractivity contribution in [1.29, 1.82) is 0 Å². The first-order valence-corrected chi connectivity index (χ1v) is 10.7. The molecule has 160 valence electrons. The van der Waals surface area contributed by atoms with Crippen LogP contribution in [0, 0.1) is 13.8 Å². The highest BCUT2D eigenvalue weighted by atomic mass is 35.5. The van der Waals surface area contributed by atoms with Gasteiger partial charge in [-0.1, -0.05) is 29.8 Å². The normalized spacial score (nSPS) is 14.6. The van der Waals surface area contributed by atoms with Gasteiger partial charge in [-0.05, 0) is 49.2 Å². The van der Waals surface area contributed by atoms with Gasteiger partial charge in [0.1, 0.15) is 0 Å². The number of fused-ring (bicyclic) bond motifs is 1. The average Bonchev–Trinajstić information content (AvgIpc) is 2.76. The molecule has 0 bridgehead atoms. The molecule has 2 aromatic carbocycles. The predicted octanol–water partition coefficient (Wildman–Crippen LogP) is 3.90. The summed E-state index contributed by atoms with van der Waals surface area (Å²) in [6.07, 6.45) is 1.68. The van der Waals surface area contributed by atoms with E-state index in [1.807, 2.05) is 50.2 Å². The van der Waals surface area contributed by atoms with Gasteiger partial charge >= 0.3 is 0 Å². The zero-order valence-electron chi connectivity index (χ0n) is 17.7. The first-order valence-electron chi connectivity index (χ1n) is 10.3. The molecule has 1 aliphatic heterocycles. The molecule has 7 heteroatoms. The summed E-state index contributed by atoms with van der Waals surface area (Å²) in [5.41, 5.74) is 4.25. The third kappa shape index (κ3) is 4.70. The third-order valence-electron chi connectivity index (χ3n) is 5.81. The Hall–Kier alpha value is -2.96. The van der Waals surface area contributed by atoms with E-state index in [1.165, 1.54) is 0 Å². The van der Waals surface area contributed by atoms with Gasteiger partial charge < -0.3 is 10.2 Å². The molecule has 0 aliphatic carbocycles. The van der Waals surface area contributed by atoms with Gasteiger partial charge in [0.15, 0.2) is 0 Å². The Morgan fingerprint density at radius 3 is 2.61 bits per heavy atom. The van der Waals surface area contributed by atoms with Crippen LogP contribution in [0.5, 0.6) is 0 Å². The first kappa shape index (κ1) is 21.3. The van der Waals surface area contributed by atoms with Crippen LogP contribution in [-0.2, 0) is 4.79 Å². The van der Waals surface area contributed by atoms with Gasteiger partial charge in [0.2, 0.25) is 5.91 Å². The molecular weight excluding hydrogens is 412 g/mol. The molecule has 1 saturated heterocycles. The quantitative estimate of drug-likeness (QED) is 0.673. The number of rotatable bonds is 4. The topological polar surface area (TPSA) is 65.5 Å². The molecule has 0 unspecified atom stereocenters. The number of hydrogen-bond donors (Lipinski definition) is 1. The minimum absolute atomic E-state index is 0.0430. The van der Waals surface area contributed by atoms with Crippen molar-refractivity contribution in [2.24, 2.45) is 0 Å². The molecule has 0 atom stereocenters. The summed E-state index contributed by atoms with van der Waals surface area (Å²) in [5.74, 6) is -0.121. The van der Waals surface area contributed by atoms with Crippen LogP contribution < -0.4 is 5.32 Å². The van der Waals surface area contributed by atoms with Gasteiger partial charge in [-0.3, -0.25) is 19.5 Å². The van der Waals surface area contributed by atoms with Crippen LogP contribution in [0.3, 0.4) is 0 Å². The highest BCUT2D eigenvalue weighted by molar-refractivity contribution is 6.32. The van der Waals surface area contributed by atoms with Crippen LogP contribution in [0.25, 0.3) is 10.9 Å². The van der Waals surface area contributed by atoms with Crippen LogP contribution in [0.1, 0.15) is 21.5 Å². The maximum absolute atomic E-state index is 13.1. The lowest BCUT2D eigenvalue weighted by molar-refractivity contribution is -0.117. The molecule has 3 aromatic rings. The number of nitrogens with zero attached hydrogens (tertiary/aromatic N) is 3. The molecular formula is C24H25ClN4O2. The molecule has 31 heavy (non-hydrogen) atoms. The molecule has 6 nitrogen and oxygen atoms in total. The zero-order valence-corrected chi connectivity index (χ0v) is 18.4. The van der Waals surface area contributed by atoms with Gasteiger partial charge in [-0.25, -0.2) is 0 Å². The fraction of sp³-hybridized carbons (Fsp3) is 0.292. The number of halogens is 1. The summed E-state index contributed by atoms with van der Waals surface area (Å²) in [5, 5.41) is 4.37. The number of piperazine rings is 1. The van der Waals surface area contributed by atoms with E-state index in [0.29, 0.717) is 48.8 Å². The molecule has 0 saturated carbocycles. The fourth-order valence-corrected chi connectivity index (χ4v) is 4.10. The van der Waals surface area contributed by atoms with Crippen LogP contribution >= 0.6 is 11.6 Å². The van der Waals surface area contributed by atoms with Crippen molar-refractivity contribution >= 4 is 40.0 Å². The minimum Gasteiger partial charge on any atom is -0.336 e. The summed E-state index contributed by atoms with van der Waals surface area (Å²) in [6.45, 7) is 6.71. The Bertz CT molecular complexity index is 1140. The van der Waals surface area contributed by atoms with E-state index >= 15 is 0 Å². The zero-order chi connectivity index (χ0) is 22.0. The van der Waals surface area contributed by atoms with Crippen molar-refractivity contribution < 1.29 is 9.59 Å². The second kappa shape index (κ2) is 9.04. The summed E-state index contributed by atoms with van der Waals surface area (Å²) in [6, 6.07) is 13.1. The largest absolute Gasteiger partial charge is 0.336 e. The number of carbonyl (C=O) groups is 2. The van der Waals surface area contributed by atoms with Gasteiger partial charge in [0.05, 0.1) is 17.6 Å². The Morgan fingerprint density at radius 1 is 1.06 bits per heavy atom. The molecule has 1 aromatic heterocycles. The molecule has 1 N–H and O–H groups in total. The third-order valence-corrected chi connectivity index (χ3v) is 6.02. The Labute approximate surface area is 186 Å². The lowest BCUT2D eigenvalue weighted by Crippen LogP contribution is -2.50. The number of nitrogens with one attached hydrogen (secondary N) is 1. The molecule has 0 spiro atoms. The van der Waals surface area contributed by atoms with Gasteiger partial charge in [-0.2, -0.15) is 0 Å². The highest BCUT2D eigenvalue weighted by Crippen LogP contribution is 2.24. The van der Waals surface area contributed by atoms with Crippen molar-refractivity contribution in [3.63, 3.8) is 0 Å². The average molecular weight is 437 g/mol. The second-order valence-electron chi connectivity index (χ2n) is 7.89. The SMILES string of the molecule is Cc1cccc(NC(=O)CN2CCN(C(=O)c3cc(Cl)cc4cccnc34)CC2)c1C. The van der Waals surface area contributed by atoms with E-state index in [0.717, 1.165) is 22.2 Å². The molecule has 2 amide bonds. The number of aromatic nitrogens is 1. The van der Waals surface area contributed by atoms with Crippen molar-refractivity contribution in [3.05, 3.63) is 70.4 Å². The Balaban J connectivity index is 1.37. The molecule has 1 fully saturated rings. The fourth-order valence-electron chi connectivity index (χ4n) is 3.88. The number of carbonyl (C=O) groups excluding carboxylic acids is 2. The number of amides is 2. The number of hydrogen-bond acceptors (Lipinski definition) is 4. The summed E-state index contributed by atoms with van der Waals surface area (Å²) in [4.78, 5) is 33.9. The van der Waals surface area contributed by atoms with E-state index < -0.39 is 0 Å². The first-order chi connectivity index (χ1) is 14.9. The smallest absolute Gasteiger partial charge is 0.256 e. The maximum atomic E-state index is 13.1. The molecule has 0 radical (unpaired) electrons. The van der Waals surface area contributed by atoms with E-state index in [9.17, 15) is 9.59 Å². The van der Waals surface area contributed by atoms with E-state index in [-0.39, 0.29) is 11.8 Å². The Kier molecular flexibility index (Phi) is 6.20. The number of aryl methyl sites for hydroxylation is 1. The van der Waals surface area contributed by atoms with Crippen molar-refractivity contribution in [2.75, 3.05) is 38.0 Å². The standard InChI is InChI=1S/C24H25ClN4O2/c1-16-5-3-7-21(17(16)2)27-22(30)15-28-9-11-29(12-10-28)24(31)20-14-19(25)13-18-6-4-8-26-23(18)20/h3-8,13-14H,9-12,15H2,1-2H3,(H,27,30). The molecule has 1 aliphatic rings. The summed E-state index contributed by atoms with van der Waals surface area (Å²) in [7, 11) is 0. The van der Waals surface area contributed by atoms with Crippen molar-refractivity contribution in [3.8, 4) is 0 Å². The van der Waals surface area contributed by atoms with Crippen molar-refractivity contribution in [2.45, 2.75) is 13.8 Å². The second-order valence-corrected chi connectivity index (χ2v) is 8.33.